The molecule has 3 aromatic rings. The van der Waals surface area contributed by atoms with Gasteiger partial charge in [-0.25, -0.2) is 0 Å². The molecule has 7 heteroatoms. The van der Waals surface area contributed by atoms with Gasteiger partial charge in [0.2, 0.25) is 5.89 Å². The Hall–Kier alpha value is -2.96. The number of carbonyl (C=O) groups excluding carboxylic acids is 1. The van der Waals surface area contributed by atoms with E-state index in [1.807, 2.05) is 0 Å². The fraction of sp³-hybridized carbons (Fsp3) is 0.143. The first-order chi connectivity index (χ1) is 10.1. The van der Waals surface area contributed by atoms with Gasteiger partial charge < -0.3 is 14.3 Å². The lowest BCUT2D eigenvalue weighted by atomic mass is 10.2. The van der Waals surface area contributed by atoms with Crippen molar-refractivity contribution in [3.05, 3.63) is 58.0 Å². The summed E-state index contributed by atoms with van der Waals surface area (Å²) >= 11 is 0. The summed E-state index contributed by atoms with van der Waals surface area (Å²) in [5.41, 5.74) is 0.0967. The smallest absolute Gasteiger partial charge is 0.287 e. The third-order valence-electron chi connectivity index (χ3n) is 2.83. The third kappa shape index (κ3) is 2.66. The van der Waals surface area contributed by atoms with Gasteiger partial charge in [-0.3, -0.25) is 9.59 Å². The molecule has 0 aliphatic carbocycles. The number of aromatic nitrogens is 2. The molecule has 0 aliphatic rings. The minimum absolute atomic E-state index is 0.0602. The molecule has 0 saturated heterocycles. The number of para-hydroxylation sites is 1. The number of aryl methyl sites for hydroxylation is 1. The summed E-state index contributed by atoms with van der Waals surface area (Å²) in [7, 11) is 0. The lowest BCUT2D eigenvalue weighted by Crippen LogP contribution is -2.24. The van der Waals surface area contributed by atoms with Crippen molar-refractivity contribution in [2.24, 2.45) is 0 Å². The van der Waals surface area contributed by atoms with Gasteiger partial charge in [0.15, 0.2) is 17.0 Å². The van der Waals surface area contributed by atoms with E-state index in [9.17, 15) is 9.59 Å². The summed E-state index contributed by atoms with van der Waals surface area (Å²) in [4.78, 5) is 27.8. The number of hydrogen-bond acceptors (Lipinski definition) is 6. The van der Waals surface area contributed by atoms with E-state index in [0.29, 0.717) is 16.8 Å². The number of hydrogen-bond donors (Lipinski definition) is 1. The maximum Gasteiger partial charge on any atom is 0.287 e. The van der Waals surface area contributed by atoms with Crippen LogP contribution in [-0.4, -0.2) is 16.0 Å². The van der Waals surface area contributed by atoms with Crippen LogP contribution in [0, 0.1) is 6.92 Å². The molecule has 1 aromatic carbocycles. The summed E-state index contributed by atoms with van der Waals surface area (Å²) in [6, 6.07) is 7.90. The van der Waals surface area contributed by atoms with Crippen molar-refractivity contribution in [2.75, 3.05) is 0 Å². The van der Waals surface area contributed by atoms with Gasteiger partial charge in [-0.2, -0.15) is 4.98 Å². The van der Waals surface area contributed by atoms with Crippen molar-refractivity contribution < 1.29 is 13.7 Å². The first-order valence-electron chi connectivity index (χ1n) is 6.24. The molecule has 0 unspecified atom stereocenters. The van der Waals surface area contributed by atoms with E-state index in [4.69, 9.17) is 8.94 Å². The summed E-state index contributed by atoms with van der Waals surface area (Å²) in [6.07, 6.45) is 0. The van der Waals surface area contributed by atoms with Gasteiger partial charge in [-0.05, 0) is 19.1 Å². The fourth-order valence-corrected chi connectivity index (χ4v) is 1.87. The summed E-state index contributed by atoms with van der Waals surface area (Å²) in [5, 5.41) is 6.60. The van der Waals surface area contributed by atoms with Crippen LogP contribution in [0.25, 0.3) is 11.0 Å². The van der Waals surface area contributed by atoms with Gasteiger partial charge in [-0.1, -0.05) is 17.3 Å². The third-order valence-corrected chi connectivity index (χ3v) is 2.83. The van der Waals surface area contributed by atoms with Crippen LogP contribution in [0.5, 0.6) is 0 Å². The number of carbonyl (C=O) groups is 1. The van der Waals surface area contributed by atoms with Crippen molar-refractivity contribution >= 4 is 16.9 Å². The number of amides is 1. The molecule has 0 spiro atoms. The minimum atomic E-state index is -0.520. The summed E-state index contributed by atoms with van der Waals surface area (Å²) < 4.78 is 10.3. The SMILES string of the molecule is Cc1noc(CNC(=O)c2cc(=O)c3ccccc3o2)n1. The van der Waals surface area contributed by atoms with Gasteiger partial charge in [0.1, 0.15) is 5.58 Å². The van der Waals surface area contributed by atoms with Crippen molar-refractivity contribution in [3.8, 4) is 0 Å². The highest BCUT2D eigenvalue weighted by Gasteiger charge is 2.13. The molecule has 1 amide bonds. The molecule has 2 aromatic heterocycles. The lowest BCUT2D eigenvalue weighted by molar-refractivity contribution is 0.0919. The zero-order valence-electron chi connectivity index (χ0n) is 11.1. The van der Waals surface area contributed by atoms with Crippen LogP contribution >= 0.6 is 0 Å². The highest BCUT2D eigenvalue weighted by molar-refractivity contribution is 5.93. The molecule has 0 aliphatic heterocycles. The summed E-state index contributed by atoms with van der Waals surface area (Å²) in [5.74, 6) is 0.184. The van der Waals surface area contributed by atoms with Crippen molar-refractivity contribution in [3.63, 3.8) is 0 Å². The molecular formula is C14H11N3O4. The molecule has 0 bridgehead atoms. The Morgan fingerprint density at radius 2 is 2.14 bits per heavy atom. The zero-order valence-corrected chi connectivity index (χ0v) is 11.1. The maximum atomic E-state index is 12.0. The van der Waals surface area contributed by atoms with E-state index in [-0.39, 0.29) is 23.6 Å². The summed E-state index contributed by atoms with van der Waals surface area (Å²) in [6.45, 7) is 1.74. The molecule has 0 saturated carbocycles. The number of nitrogens with zero attached hydrogens (tertiary/aromatic N) is 2. The average molecular weight is 285 g/mol. The van der Waals surface area contributed by atoms with Crippen LogP contribution in [0.3, 0.4) is 0 Å². The van der Waals surface area contributed by atoms with Crippen molar-refractivity contribution in [1.82, 2.24) is 15.5 Å². The molecule has 1 N–H and O–H groups in total. The Morgan fingerprint density at radius 1 is 1.33 bits per heavy atom. The molecule has 21 heavy (non-hydrogen) atoms. The first kappa shape index (κ1) is 13.0. The predicted octanol–water partition coefficient (Wildman–Crippen LogP) is 1.41. The second-order valence-corrected chi connectivity index (χ2v) is 4.39. The molecule has 2 heterocycles. The van der Waals surface area contributed by atoms with Gasteiger partial charge in [0.25, 0.3) is 5.91 Å². The Kier molecular flexibility index (Phi) is 3.23. The second kappa shape index (κ2) is 5.20. The monoisotopic (exact) mass is 285 g/mol. The molecule has 0 atom stereocenters. The van der Waals surface area contributed by atoms with Crippen molar-refractivity contribution in [2.45, 2.75) is 13.5 Å². The molecule has 0 fully saturated rings. The molecular weight excluding hydrogens is 274 g/mol. The van der Waals surface area contributed by atoms with E-state index in [2.05, 4.69) is 15.5 Å². The van der Waals surface area contributed by atoms with Crippen LogP contribution in [0.2, 0.25) is 0 Å². The zero-order chi connectivity index (χ0) is 14.8. The minimum Gasteiger partial charge on any atom is -0.451 e. The topological polar surface area (TPSA) is 98.2 Å². The van der Waals surface area contributed by atoms with Crippen LogP contribution in [0.1, 0.15) is 22.3 Å². The molecule has 106 valence electrons. The predicted molar refractivity (Wildman–Crippen MR) is 72.7 cm³/mol. The largest absolute Gasteiger partial charge is 0.451 e. The highest BCUT2D eigenvalue weighted by Crippen LogP contribution is 2.11. The van der Waals surface area contributed by atoms with E-state index in [0.717, 1.165) is 6.07 Å². The lowest BCUT2D eigenvalue weighted by Gasteiger charge is -2.03. The van der Waals surface area contributed by atoms with Crippen LogP contribution < -0.4 is 10.7 Å². The van der Waals surface area contributed by atoms with E-state index in [1.54, 1.807) is 31.2 Å². The fourth-order valence-electron chi connectivity index (χ4n) is 1.87. The highest BCUT2D eigenvalue weighted by atomic mass is 16.5. The molecule has 3 rings (SSSR count). The maximum absolute atomic E-state index is 12.0. The normalized spacial score (nSPS) is 10.7. The van der Waals surface area contributed by atoms with E-state index >= 15 is 0 Å². The van der Waals surface area contributed by atoms with Gasteiger partial charge in [-0.15, -0.1) is 0 Å². The van der Waals surface area contributed by atoms with E-state index in [1.165, 1.54) is 0 Å². The Labute approximate surface area is 118 Å². The standard InChI is InChI=1S/C14H11N3O4/c1-8-16-13(21-17-8)7-15-14(19)12-6-10(18)9-4-2-3-5-11(9)20-12/h2-6H,7H2,1H3,(H,15,19). The number of nitrogens with one attached hydrogen (secondary N) is 1. The van der Waals surface area contributed by atoms with E-state index < -0.39 is 5.91 Å². The average Bonchev–Trinajstić information content (AvgIpc) is 2.90. The van der Waals surface area contributed by atoms with Gasteiger partial charge in [0.05, 0.1) is 11.9 Å². The molecule has 0 radical (unpaired) electrons. The quantitative estimate of drug-likeness (QED) is 0.781. The Bertz CT molecular complexity index is 866. The number of fused-ring (bicyclic) bond motifs is 1. The first-order valence-corrected chi connectivity index (χ1v) is 6.24. The van der Waals surface area contributed by atoms with Gasteiger partial charge in [0, 0.05) is 6.07 Å². The van der Waals surface area contributed by atoms with Crippen molar-refractivity contribution in [1.29, 1.82) is 0 Å². The van der Waals surface area contributed by atoms with Crippen LogP contribution in [-0.2, 0) is 6.54 Å². The Balaban J connectivity index is 1.83. The van der Waals surface area contributed by atoms with Crippen LogP contribution in [0.15, 0.2) is 44.1 Å². The second-order valence-electron chi connectivity index (χ2n) is 4.39. The molecule has 7 nitrogen and oxygen atoms in total. The van der Waals surface area contributed by atoms with Crippen LogP contribution in [0.4, 0.5) is 0 Å². The Morgan fingerprint density at radius 3 is 2.90 bits per heavy atom. The number of rotatable bonds is 3. The van der Waals surface area contributed by atoms with Gasteiger partial charge >= 0.3 is 0 Å². The number of benzene rings is 1.